The molecule has 1 heterocycles. The van der Waals surface area contributed by atoms with E-state index in [1.807, 2.05) is 44.0 Å². The van der Waals surface area contributed by atoms with Gasteiger partial charge in [-0.15, -0.1) is 0 Å². The molecule has 0 unspecified atom stereocenters. The minimum absolute atomic E-state index is 0.0516. The highest BCUT2D eigenvalue weighted by molar-refractivity contribution is 6.31. The fraction of sp³-hybridized carbons (Fsp3) is 0.529. The van der Waals surface area contributed by atoms with E-state index < -0.39 is 0 Å². The van der Waals surface area contributed by atoms with Crippen LogP contribution in [-0.2, 0) is 11.2 Å². The van der Waals surface area contributed by atoms with Crippen molar-refractivity contribution in [2.24, 2.45) is 0 Å². The average molecular weight is 337 g/mol. The molecule has 2 N–H and O–H groups in total. The maximum absolute atomic E-state index is 12.0. The third-order valence-electron chi connectivity index (χ3n) is 4.00. The third kappa shape index (κ3) is 5.22. The second-order valence-electron chi connectivity index (χ2n) is 6.62. The first-order valence-corrected chi connectivity index (χ1v) is 8.30. The molecular weight excluding hydrogens is 312 g/mol. The first kappa shape index (κ1) is 17.8. The van der Waals surface area contributed by atoms with Crippen LogP contribution in [0.15, 0.2) is 18.2 Å². The van der Waals surface area contributed by atoms with Crippen LogP contribution in [-0.4, -0.2) is 46.5 Å². The molecule has 23 heavy (non-hydrogen) atoms. The normalized spacial score (nSPS) is 12.1. The average Bonchev–Trinajstić information content (AvgIpc) is 2.86. The van der Waals surface area contributed by atoms with Crippen molar-refractivity contribution < 1.29 is 4.79 Å². The van der Waals surface area contributed by atoms with Crippen molar-refractivity contribution in [2.75, 3.05) is 20.1 Å². The highest BCUT2D eigenvalue weighted by Crippen LogP contribution is 2.17. The third-order valence-corrected chi connectivity index (χ3v) is 4.23. The van der Waals surface area contributed by atoms with Crippen LogP contribution in [0.2, 0.25) is 5.02 Å². The van der Waals surface area contributed by atoms with E-state index in [-0.39, 0.29) is 11.4 Å². The van der Waals surface area contributed by atoms with Crippen LogP contribution in [0.5, 0.6) is 0 Å². The van der Waals surface area contributed by atoms with E-state index in [0.717, 1.165) is 36.2 Å². The number of benzene rings is 1. The minimum Gasteiger partial charge on any atom is -0.350 e. The van der Waals surface area contributed by atoms with Gasteiger partial charge in [0.15, 0.2) is 0 Å². The molecule has 0 saturated carbocycles. The van der Waals surface area contributed by atoms with Crippen LogP contribution < -0.4 is 5.32 Å². The first-order chi connectivity index (χ1) is 10.8. The number of rotatable bonds is 7. The Balaban J connectivity index is 1.85. The van der Waals surface area contributed by atoms with Gasteiger partial charge in [0.25, 0.3) is 0 Å². The van der Waals surface area contributed by atoms with Crippen LogP contribution in [0.4, 0.5) is 0 Å². The van der Waals surface area contributed by atoms with Gasteiger partial charge in [-0.3, -0.25) is 9.69 Å². The zero-order valence-electron chi connectivity index (χ0n) is 14.2. The van der Waals surface area contributed by atoms with Crippen molar-refractivity contribution in [1.29, 1.82) is 0 Å². The summed E-state index contributed by atoms with van der Waals surface area (Å²) < 4.78 is 0. The molecule has 1 amide bonds. The Labute approximate surface area is 142 Å². The monoisotopic (exact) mass is 336 g/mol. The molecule has 0 aliphatic rings. The van der Waals surface area contributed by atoms with E-state index in [0.29, 0.717) is 11.6 Å². The predicted octanol–water partition coefficient (Wildman–Crippen LogP) is 3.00. The lowest BCUT2D eigenvalue weighted by atomic mass is 10.0. The van der Waals surface area contributed by atoms with Gasteiger partial charge in [-0.2, -0.15) is 0 Å². The van der Waals surface area contributed by atoms with E-state index in [1.165, 1.54) is 0 Å². The molecule has 0 radical (unpaired) electrons. The molecule has 1 aromatic heterocycles. The van der Waals surface area contributed by atoms with Gasteiger partial charge in [-0.05, 0) is 45.5 Å². The molecule has 0 atom stereocenters. The number of hydrogen-bond donors (Lipinski definition) is 2. The number of aromatic nitrogens is 2. The quantitative estimate of drug-likeness (QED) is 0.817. The van der Waals surface area contributed by atoms with E-state index in [2.05, 4.69) is 22.2 Å². The second-order valence-corrected chi connectivity index (χ2v) is 7.05. The number of carbonyl (C=O) groups is 1. The van der Waals surface area contributed by atoms with E-state index >= 15 is 0 Å². The summed E-state index contributed by atoms with van der Waals surface area (Å²) in [5, 5.41) is 3.74. The molecule has 5 nitrogen and oxygen atoms in total. The number of likely N-dealkylation sites (N-methyl/N-ethyl adjacent to an activating group) is 1. The molecule has 0 fully saturated rings. The predicted molar refractivity (Wildman–Crippen MR) is 94.8 cm³/mol. The number of H-pyrrole nitrogens is 1. The van der Waals surface area contributed by atoms with Gasteiger partial charge in [0.2, 0.25) is 5.91 Å². The fourth-order valence-corrected chi connectivity index (χ4v) is 2.45. The van der Waals surface area contributed by atoms with Crippen molar-refractivity contribution in [3.05, 3.63) is 29.0 Å². The Morgan fingerprint density at radius 1 is 1.43 bits per heavy atom. The Hall–Kier alpha value is -1.59. The number of hydrogen-bond acceptors (Lipinski definition) is 3. The molecular formula is C17H25ClN4O. The van der Waals surface area contributed by atoms with Crippen molar-refractivity contribution in [1.82, 2.24) is 20.2 Å². The maximum Gasteiger partial charge on any atom is 0.234 e. The highest BCUT2D eigenvalue weighted by Gasteiger charge is 2.18. The fourth-order valence-electron chi connectivity index (χ4n) is 2.28. The molecule has 0 spiro atoms. The molecule has 1 aromatic carbocycles. The summed E-state index contributed by atoms with van der Waals surface area (Å²) in [6.07, 6.45) is 1.66. The molecule has 0 aliphatic heterocycles. The van der Waals surface area contributed by atoms with Crippen LogP contribution in [0.1, 0.15) is 33.0 Å². The summed E-state index contributed by atoms with van der Waals surface area (Å²) in [5.74, 6) is 0.958. The molecule has 0 aliphatic carbocycles. The minimum atomic E-state index is -0.157. The van der Waals surface area contributed by atoms with Gasteiger partial charge in [-0.1, -0.05) is 18.5 Å². The molecule has 0 bridgehead atoms. The molecule has 2 rings (SSSR count). The van der Waals surface area contributed by atoms with Crippen LogP contribution in [0.3, 0.4) is 0 Å². The first-order valence-electron chi connectivity index (χ1n) is 7.93. The lowest BCUT2D eigenvalue weighted by molar-refractivity contribution is -0.123. The lowest BCUT2D eigenvalue weighted by Crippen LogP contribution is -2.47. The number of aromatic amines is 1. The SMILES string of the molecule is CCC(C)(C)NC(=O)CN(C)CCc1nc2ccc(Cl)cc2[nH]1. The van der Waals surface area contributed by atoms with Crippen molar-refractivity contribution in [3.8, 4) is 0 Å². The van der Waals surface area contributed by atoms with Crippen LogP contribution in [0.25, 0.3) is 11.0 Å². The topological polar surface area (TPSA) is 61.0 Å². The van der Waals surface area contributed by atoms with Crippen molar-refractivity contribution in [2.45, 2.75) is 39.2 Å². The number of halogens is 1. The van der Waals surface area contributed by atoms with Gasteiger partial charge in [-0.25, -0.2) is 4.98 Å². The Bertz CT molecular complexity index is 680. The number of imidazole rings is 1. The van der Waals surface area contributed by atoms with Gasteiger partial charge < -0.3 is 10.3 Å². The molecule has 6 heteroatoms. The number of amides is 1. The van der Waals surface area contributed by atoms with E-state index in [4.69, 9.17) is 11.6 Å². The van der Waals surface area contributed by atoms with Crippen LogP contribution >= 0.6 is 11.6 Å². The standard InChI is InChI=1S/C17H25ClN4O/c1-5-17(2,3)21-16(23)11-22(4)9-8-15-19-13-7-6-12(18)10-14(13)20-15/h6-7,10H,5,8-9,11H2,1-4H3,(H,19,20)(H,21,23). The lowest BCUT2D eigenvalue weighted by Gasteiger charge is -2.26. The second kappa shape index (κ2) is 7.32. The summed E-state index contributed by atoms with van der Waals surface area (Å²) in [6, 6.07) is 5.61. The summed E-state index contributed by atoms with van der Waals surface area (Å²) in [4.78, 5) is 21.8. The number of nitrogens with one attached hydrogen (secondary N) is 2. The molecule has 126 valence electrons. The highest BCUT2D eigenvalue weighted by atomic mass is 35.5. The van der Waals surface area contributed by atoms with E-state index in [9.17, 15) is 4.79 Å². The van der Waals surface area contributed by atoms with Crippen molar-refractivity contribution in [3.63, 3.8) is 0 Å². The van der Waals surface area contributed by atoms with Gasteiger partial charge in [0, 0.05) is 23.5 Å². The number of fused-ring (bicyclic) bond motifs is 1. The maximum atomic E-state index is 12.0. The smallest absolute Gasteiger partial charge is 0.234 e. The molecule has 0 saturated heterocycles. The zero-order chi connectivity index (χ0) is 17.0. The summed E-state index contributed by atoms with van der Waals surface area (Å²) in [7, 11) is 1.94. The molecule has 2 aromatic rings. The Morgan fingerprint density at radius 3 is 2.87 bits per heavy atom. The summed E-state index contributed by atoms with van der Waals surface area (Å²) in [5.41, 5.74) is 1.70. The zero-order valence-corrected chi connectivity index (χ0v) is 15.0. The number of carbonyl (C=O) groups excluding carboxylic acids is 1. The Kier molecular flexibility index (Phi) is 5.65. The van der Waals surface area contributed by atoms with E-state index in [1.54, 1.807) is 0 Å². The van der Waals surface area contributed by atoms with Crippen LogP contribution in [0, 0.1) is 0 Å². The summed E-state index contributed by atoms with van der Waals surface area (Å²) in [6.45, 7) is 7.27. The van der Waals surface area contributed by atoms with Gasteiger partial charge >= 0.3 is 0 Å². The number of nitrogens with zero attached hydrogens (tertiary/aromatic N) is 2. The van der Waals surface area contributed by atoms with Crippen molar-refractivity contribution >= 4 is 28.5 Å². The largest absolute Gasteiger partial charge is 0.350 e. The van der Waals surface area contributed by atoms with Gasteiger partial charge in [0.1, 0.15) is 5.82 Å². The van der Waals surface area contributed by atoms with Gasteiger partial charge in [0.05, 0.1) is 17.6 Å². The Morgan fingerprint density at radius 2 is 2.17 bits per heavy atom. The summed E-state index contributed by atoms with van der Waals surface area (Å²) >= 11 is 5.98.